The van der Waals surface area contributed by atoms with Crippen molar-refractivity contribution in [1.29, 1.82) is 0 Å². The Labute approximate surface area is 118 Å². The first-order valence-electron chi connectivity index (χ1n) is 6.15. The Kier molecular flexibility index (Phi) is 4.10. The highest BCUT2D eigenvalue weighted by molar-refractivity contribution is 7.92. The summed E-state index contributed by atoms with van der Waals surface area (Å²) in [6.07, 6.45) is 1.31. The van der Waals surface area contributed by atoms with Crippen molar-refractivity contribution in [2.24, 2.45) is 0 Å². The quantitative estimate of drug-likeness (QED) is 0.877. The highest BCUT2D eigenvalue weighted by atomic mass is 32.2. The summed E-state index contributed by atoms with van der Waals surface area (Å²) in [6.45, 7) is 2.36. The van der Waals surface area contributed by atoms with Crippen LogP contribution in [0.15, 0.2) is 35.5 Å². The number of sulfonamides is 1. The largest absolute Gasteiger partial charge is 0.332 e. The van der Waals surface area contributed by atoms with E-state index in [2.05, 4.69) is 14.7 Å². The fourth-order valence-electron chi connectivity index (χ4n) is 1.83. The van der Waals surface area contributed by atoms with Gasteiger partial charge < -0.3 is 9.88 Å². The third kappa shape index (κ3) is 3.37. The second-order valence-corrected chi connectivity index (χ2v) is 6.48. The van der Waals surface area contributed by atoms with Crippen LogP contribution < -0.4 is 4.72 Å². The molecule has 0 radical (unpaired) electrons. The van der Waals surface area contributed by atoms with Gasteiger partial charge in [0.25, 0.3) is 10.0 Å². The van der Waals surface area contributed by atoms with Crippen LogP contribution in [0.25, 0.3) is 0 Å². The van der Waals surface area contributed by atoms with E-state index in [1.807, 2.05) is 31.1 Å². The molecule has 0 bridgehead atoms. The fraction of sp³-hybridized carbons (Fsp3) is 0.308. The molecular formula is C13H18N4O2S. The summed E-state index contributed by atoms with van der Waals surface area (Å²) in [5.41, 5.74) is 1.49. The van der Waals surface area contributed by atoms with E-state index in [1.165, 1.54) is 6.20 Å². The average molecular weight is 294 g/mol. The number of benzene rings is 1. The smallest absolute Gasteiger partial charge is 0.278 e. The lowest BCUT2D eigenvalue weighted by molar-refractivity contribution is 0.403. The van der Waals surface area contributed by atoms with E-state index in [0.717, 1.165) is 5.56 Å². The number of hydrogen-bond donors (Lipinski definition) is 2. The first-order valence-corrected chi connectivity index (χ1v) is 7.64. The molecule has 108 valence electrons. The standard InChI is InChI=1S/C13H18N4O2S/c1-10-14-8-13(15-10)20(18,19)16-12-7-5-4-6-11(12)9-17(2)3/h4-8,16H,9H2,1-3H3,(H,14,15). The van der Waals surface area contributed by atoms with Gasteiger partial charge in [0.2, 0.25) is 0 Å². The topological polar surface area (TPSA) is 78.1 Å². The highest BCUT2D eigenvalue weighted by Gasteiger charge is 2.18. The number of imidazole rings is 1. The van der Waals surface area contributed by atoms with Gasteiger partial charge in [-0.25, -0.2) is 4.98 Å². The summed E-state index contributed by atoms with van der Waals surface area (Å²) in [5.74, 6) is 0.562. The van der Waals surface area contributed by atoms with Crippen molar-refractivity contribution in [3.05, 3.63) is 41.9 Å². The number of anilines is 1. The Morgan fingerprint density at radius 3 is 2.60 bits per heavy atom. The van der Waals surface area contributed by atoms with Crippen LogP contribution in [0.1, 0.15) is 11.4 Å². The van der Waals surface area contributed by atoms with E-state index in [1.54, 1.807) is 19.1 Å². The van der Waals surface area contributed by atoms with E-state index in [-0.39, 0.29) is 5.03 Å². The van der Waals surface area contributed by atoms with Crippen LogP contribution >= 0.6 is 0 Å². The van der Waals surface area contributed by atoms with Crippen molar-refractivity contribution in [2.45, 2.75) is 18.5 Å². The summed E-state index contributed by atoms with van der Waals surface area (Å²) in [6, 6.07) is 7.34. The van der Waals surface area contributed by atoms with E-state index in [4.69, 9.17) is 0 Å². The van der Waals surface area contributed by atoms with Gasteiger partial charge in [0.1, 0.15) is 5.82 Å². The molecule has 0 saturated carbocycles. The maximum absolute atomic E-state index is 12.3. The second-order valence-electron chi connectivity index (χ2n) is 4.83. The third-order valence-corrected chi connectivity index (χ3v) is 3.99. The van der Waals surface area contributed by atoms with Gasteiger partial charge in [-0.05, 0) is 32.6 Å². The zero-order valence-corrected chi connectivity index (χ0v) is 12.5. The van der Waals surface area contributed by atoms with Gasteiger partial charge >= 0.3 is 0 Å². The van der Waals surface area contributed by atoms with Crippen molar-refractivity contribution in [2.75, 3.05) is 18.8 Å². The van der Waals surface area contributed by atoms with Crippen LogP contribution in [-0.2, 0) is 16.6 Å². The van der Waals surface area contributed by atoms with Gasteiger partial charge in [0, 0.05) is 6.54 Å². The number of aromatic amines is 1. The molecule has 0 atom stereocenters. The van der Waals surface area contributed by atoms with Gasteiger partial charge in [-0.2, -0.15) is 8.42 Å². The SMILES string of the molecule is Cc1ncc(S(=O)(=O)Nc2ccccc2CN(C)C)[nH]1. The van der Waals surface area contributed by atoms with Gasteiger partial charge in [0.05, 0.1) is 11.9 Å². The average Bonchev–Trinajstić information content (AvgIpc) is 2.78. The van der Waals surface area contributed by atoms with E-state index >= 15 is 0 Å². The molecule has 0 aliphatic heterocycles. The van der Waals surface area contributed by atoms with Gasteiger partial charge in [-0.3, -0.25) is 4.72 Å². The maximum Gasteiger partial charge on any atom is 0.278 e. The summed E-state index contributed by atoms with van der Waals surface area (Å²) in [4.78, 5) is 8.62. The van der Waals surface area contributed by atoms with E-state index in [0.29, 0.717) is 18.1 Å². The van der Waals surface area contributed by atoms with Crippen LogP contribution in [0.4, 0.5) is 5.69 Å². The van der Waals surface area contributed by atoms with Crippen LogP contribution in [0.2, 0.25) is 0 Å². The van der Waals surface area contributed by atoms with Crippen LogP contribution in [0.5, 0.6) is 0 Å². The molecule has 2 N–H and O–H groups in total. The van der Waals surface area contributed by atoms with Crippen LogP contribution in [-0.4, -0.2) is 37.4 Å². The minimum Gasteiger partial charge on any atom is -0.332 e. The fourth-order valence-corrected chi connectivity index (χ4v) is 2.91. The number of para-hydroxylation sites is 1. The van der Waals surface area contributed by atoms with Crippen LogP contribution in [0, 0.1) is 6.92 Å². The Hall–Kier alpha value is -1.86. The van der Waals surface area contributed by atoms with Gasteiger partial charge in [-0.15, -0.1) is 0 Å². The number of rotatable bonds is 5. The van der Waals surface area contributed by atoms with E-state index < -0.39 is 10.0 Å². The van der Waals surface area contributed by atoms with Crippen molar-refractivity contribution in [1.82, 2.24) is 14.9 Å². The maximum atomic E-state index is 12.3. The molecule has 2 rings (SSSR count). The number of H-pyrrole nitrogens is 1. The van der Waals surface area contributed by atoms with Gasteiger partial charge in [-0.1, -0.05) is 18.2 Å². The van der Waals surface area contributed by atoms with Crippen molar-refractivity contribution in [3.8, 4) is 0 Å². The molecule has 0 aliphatic carbocycles. The predicted molar refractivity (Wildman–Crippen MR) is 78.0 cm³/mol. The molecule has 0 amide bonds. The number of aromatic nitrogens is 2. The minimum atomic E-state index is -3.64. The van der Waals surface area contributed by atoms with E-state index in [9.17, 15) is 8.42 Å². The Balaban J connectivity index is 2.30. The monoisotopic (exact) mass is 294 g/mol. The third-order valence-electron chi connectivity index (χ3n) is 2.72. The number of hydrogen-bond acceptors (Lipinski definition) is 4. The zero-order chi connectivity index (χ0) is 14.8. The lowest BCUT2D eigenvalue weighted by Gasteiger charge is -2.15. The lowest BCUT2D eigenvalue weighted by atomic mass is 10.2. The molecule has 0 aliphatic rings. The molecule has 0 unspecified atom stereocenters. The molecule has 0 fully saturated rings. The summed E-state index contributed by atoms with van der Waals surface area (Å²) in [7, 11) is 0.231. The molecular weight excluding hydrogens is 276 g/mol. The lowest BCUT2D eigenvalue weighted by Crippen LogP contribution is -2.17. The summed E-state index contributed by atoms with van der Waals surface area (Å²) < 4.78 is 27.1. The molecule has 20 heavy (non-hydrogen) atoms. The van der Waals surface area contributed by atoms with Gasteiger partial charge in [0.15, 0.2) is 5.03 Å². The Morgan fingerprint density at radius 1 is 1.30 bits per heavy atom. The second kappa shape index (κ2) is 5.64. The molecule has 7 heteroatoms. The Bertz CT molecular complexity index is 692. The number of nitrogens with one attached hydrogen (secondary N) is 2. The molecule has 1 heterocycles. The van der Waals surface area contributed by atoms with Crippen molar-refractivity contribution < 1.29 is 8.42 Å². The minimum absolute atomic E-state index is 0.0645. The molecule has 0 spiro atoms. The number of nitrogens with zero attached hydrogens (tertiary/aromatic N) is 2. The summed E-state index contributed by atoms with van der Waals surface area (Å²) in [5, 5.41) is 0.0645. The predicted octanol–water partition coefficient (Wildman–Crippen LogP) is 1.58. The normalized spacial score (nSPS) is 11.8. The van der Waals surface area contributed by atoms with Crippen molar-refractivity contribution >= 4 is 15.7 Å². The van der Waals surface area contributed by atoms with Crippen LogP contribution in [0.3, 0.4) is 0 Å². The molecule has 6 nitrogen and oxygen atoms in total. The number of aryl methyl sites for hydroxylation is 1. The highest BCUT2D eigenvalue weighted by Crippen LogP contribution is 2.20. The Morgan fingerprint density at radius 2 is 2.00 bits per heavy atom. The molecule has 0 saturated heterocycles. The van der Waals surface area contributed by atoms with Crippen molar-refractivity contribution in [3.63, 3.8) is 0 Å². The molecule has 1 aromatic carbocycles. The molecule has 2 aromatic rings. The molecule has 1 aromatic heterocycles. The first-order chi connectivity index (χ1) is 9.38. The zero-order valence-electron chi connectivity index (χ0n) is 11.7. The first kappa shape index (κ1) is 14.5. The summed E-state index contributed by atoms with van der Waals surface area (Å²) >= 11 is 0.